The van der Waals surface area contributed by atoms with Crippen molar-refractivity contribution in [3.63, 3.8) is 0 Å². The topological polar surface area (TPSA) is 81.7 Å². The predicted molar refractivity (Wildman–Crippen MR) is 62.5 cm³/mol. The predicted octanol–water partition coefficient (Wildman–Crippen LogP) is 0.253. The van der Waals surface area contributed by atoms with Crippen molar-refractivity contribution >= 4 is 17.8 Å². The molecule has 1 aliphatic rings. The summed E-state index contributed by atoms with van der Waals surface area (Å²) >= 11 is 0. The maximum Gasteiger partial charge on any atom is 0.328 e. The summed E-state index contributed by atoms with van der Waals surface area (Å²) in [7, 11) is 2.54. The van der Waals surface area contributed by atoms with Gasteiger partial charge >= 0.3 is 11.9 Å². The molecule has 1 amide bonds. The van der Waals surface area contributed by atoms with Gasteiger partial charge in [-0.2, -0.15) is 0 Å². The van der Waals surface area contributed by atoms with E-state index in [0.717, 1.165) is 12.8 Å². The van der Waals surface area contributed by atoms with Crippen molar-refractivity contribution in [3.05, 3.63) is 0 Å². The van der Waals surface area contributed by atoms with E-state index in [1.54, 1.807) is 6.92 Å². The molecule has 18 heavy (non-hydrogen) atoms. The van der Waals surface area contributed by atoms with Gasteiger partial charge in [0, 0.05) is 5.92 Å². The SMILES string of the molecule is COC(=O)C[C@@H](C)[C@@H](NC(=O)C1CC1)C(=O)OC. The highest BCUT2D eigenvalue weighted by molar-refractivity contribution is 5.87. The molecule has 0 unspecified atom stereocenters. The second-order valence-electron chi connectivity index (χ2n) is 4.54. The quantitative estimate of drug-likeness (QED) is 0.690. The highest BCUT2D eigenvalue weighted by atomic mass is 16.5. The Morgan fingerprint density at radius 2 is 1.83 bits per heavy atom. The van der Waals surface area contributed by atoms with Gasteiger partial charge in [0.2, 0.25) is 5.91 Å². The lowest BCUT2D eigenvalue weighted by molar-refractivity contribution is -0.148. The Labute approximate surface area is 106 Å². The zero-order valence-corrected chi connectivity index (χ0v) is 10.9. The lowest BCUT2D eigenvalue weighted by Gasteiger charge is -2.22. The number of methoxy groups -OCH3 is 2. The number of ether oxygens (including phenoxy) is 2. The molecule has 6 nitrogen and oxygen atoms in total. The standard InChI is InChI=1S/C12H19NO5/c1-7(6-9(14)17-2)10(12(16)18-3)13-11(15)8-4-5-8/h7-8,10H,4-6H2,1-3H3,(H,13,15)/t7-,10-/m1/s1. The molecule has 0 aliphatic heterocycles. The minimum Gasteiger partial charge on any atom is -0.469 e. The minimum absolute atomic E-state index is 0.00230. The van der Waals surface area contributed by atoms with Crippen LogP contribution in [0.15, 0.2) is 0 Å². The average molecular weight is 257 g/mol. The van der Waals surface area contributed by atoms with E-state index in [2.05, 4.69) is 14.8 Å². The molecule has 0 bridgehead atoms. The largest absolute Gasteiger partial charge is 0.469 e. The van der Waals surface area contributed by atoms with Crippen molar-refractivity contribution < 1.29 is 23.9 Å². The first-order valence-corrected chi connectivity index (χ1v) is 5.94. The molecule has 0 aromatic rings. The summed E-state index contributed by atoms with van der Waals surface area (Å²) in [6.07, 6.45) is 1.76. The summed E-state index contributed by atoms with van der Waals surface area (Å²) in [5, 5.41) is 2.64. The van der Waals surface area contributed by atoms with Crippen LogP contribution in [-0.2, 0) is 23.9 Å². The number of esters is 2. The first kappa shape index (κ1) is 14.5. The van der Waals surface area contributed by atoms with E-state index in [4.69, 9.17) is 0 Å². The Hall–Kier alpha value is -1.59. The first-order chi connectivity index (χ1) is 8.49. The molecule has 102 valence electrons. The highest BCUT2D eigenvalue weighted by Gasteiger charge is 2.35. The fraction of sp³-hybridized carbons (Fsp3) is 0.750. The molecule has 1 N–H and O–H groups in total. The number of hydrogen-bond donors (Lipinski definition) is 1. The van der Waals surface area contributed by atoms with Gasteiger partial charge < -0.3 is 14.8 Å². The third-order valence-electron chi connectivity index (χ3n) is 2.99. The van der Waals surface area contributed by atoms with Crippen molar-refractivity contribution in [2.24, 2.45) is 11.8 Å². The van der Waals surface area contributed by atoms with Crippen molar-refractivity contribution in [2.45, 2.75) is 32.2 Å². The van der Waals surface area contributed by atoms with E-state index in [1.807, 2.05) is 0 Å². The summed E-state index contributed by atoms with van der Waals surface area (Å²) in [5.41, 5.74) is 0. The molecule has 0 spiro atoms. The Morgan fingerprint density at radius 1 is 1.22 bits per heavy atom. The van der Waals surface area contributed by atoms with Gasteiger partial charge in [-0.1, -0.05) is 6.92 Å². The van der Waals surface area contributed by atoms with E-state index in [-0.39, 0.29) is 24.2 Å². The van der Waals surface area contributed by atoms with Crippen molar-refractivity contribution in [3.8, 4) is 0 Å². The van der Waals surface area contributed by atoms with E-state index < -0.39 is 18.0 Å². The van der Waals surface area contributed by atoms with Gasteiger partial charge in [-0.05, 0) is 18.8 Å². The van der Waals surface area contributed by atoms with Crippen LogP contribution in [0.4, 0.5) is 0 Å². The number of carbonyl (C=O) groups excluding carboxylic acids is 3. The number of rotatable bonds is 6. The number of nitrogens with one attached hydrogen (secondary N) is 1. The summed E-state index contributed by atoms with van der Waals surface area (Å²) in [6.45, 7) is 1.70. The van der Waals surface area contributed by atoms with Crippen LogP contribution in [0.2, 0.25) is 0 Å². The van der Waals surface area contributed by atoms with Gasteiger partial charge in [0.15, 0.2) is 0 Å². The van der Waals surface area contributed by atoms with Gasteiger partial charge in [-0.3, -0.25) is 9.59 Å². The molecule has 1 rings (SSSR count). The minimum atomic E-state index is -0.804. The maximum atomic E-state index is 11.7. The molecule has 0 aromatic heterocycles. The summed E-state index contributed by atoms with van der Waals surface area (Å²) in [5.74, 6) is -1.48. The van der Waals surface area contributed by atoms with Crippen LogP contribution in [0, 0.1) is 11.8 Å². The van der Waals surface area contributed by atoms with Crippen LogP contribution in [0.5, 0.6) is 0 Å². The molecule has 0 radical (unpaired) electrons. The zero-order valence-electron chi connectivity index (χ0n) is 10.9. The molecule has 1 saturated carbocycles. The van der Waals surface area contributed by atoms with Crippen molar-refractivity contribution in [1.82, 2.24) is 5.32 Å². The van der Waals surface area contributed by atoms with Gasteiger partial charge in [0.05, 0.1) is 20.6 Å². The average Bonchev–Trinajstić information content (AvgIpc) is 3.18. The van der Waals surface area contributed by atoms with Gasteiger partial charge in [0.25, 0.3) is 0 Å². The molecular weight excluding hydrogens is 238 g/mol. The zero-order chi connectivity index (χ0) is 13.7. The smallest absolute Gasteiger partial charge is 0.328 e. The molecular formula is C12H19NO5. The number of amides is 1. The van der Waals surface area contributed by atoms with E-state index in [1.165, 1.54) is 14.2 Å². The Morgan fingerprint density at radius 3 is 2.28 bits per heavy atom. The highest BCUT2D eigenvalue weighted by Crippen LogP contribution is 2.29. The second-order valence-corrected chi connectivity index (χ2v) is 4.54. The summed E-state index contributed by atoms with van der Waals surface area (Å²) in [4.78, 5) is 34.5. The maximum absolute atomic E-state index is 11.7. The first-order valence-electron chi connectivity index (χ1n) is 5.94. The molecule has 1 aliphatic carbocycles. The van der Waals surface area contributed by atoms with Crippen LogP contribution < -0.4 is 5.32 Å². The number of carbonyl (C=O) groups is 3. The van der Waals surface area contributed by atoms with Crippen LogP contribution >= 0.6 is 0 Å². The Balaban J connectivity index is 2.61. The van der Waals surface area contributed by atoms with E-state index >= 15 is 0 Å². The lowest BCUT2D eigenvalue weighted by atomic mass is 9.98. The second kappa shape index (κ2) is 6.37. The molecule has 0 heterocycles. The van der Waals surface area contributed by atoms with Crippen molar-refractivity contribution in [2.75, 3.05) is 14.2 Å². The third-order valence-corrected chi connectivity index (χ3v) is 2.99. The monoisotopic (exact) mass is 257 g/mol. The van der Waals surface area contributed by atoms with Gasteiger partial charge in [-0.25, -0.2) is 4.79 Å². The molecule has 0 saturated heterocycles. The van der Waals surface area contributed by atoms with E-state index in [9.17, 15) is 14.4 Å². The Kier molecular flexibility index (Phi) is 5.12. The fourth-order valence-corrected chi connectivity index (χ4v) is 1.64. The van der Waals surface area contributed by atoms with Crippen LogP contribution in [0.25, 0.3) is 0 Å². The summed E-state index contributed by atoms with van der Waals surface area (Å²) < 4.78 is 9.19. The molecule has 1 fully saturated rings. The van der Waals surface area contributed by atoms with Gasteiger partial charge in [0.1, 0.15) is 6.04 Å². The third kappa shape index (κ3) is 4.01. The van der Waals surface area contributed by atoms with E-state index in [0.29, 0.717) is 0 Å². The normalized spacial score (nSPS) is 17.5. The van der Waals surface area contributed by atoms with Gasteiger partial charge in [-0.15, -0.1) is 0 Å². The molecule has 0 aromatic carbocycles. The summed E-state index contributed by atoms with van der Waals surface area (Å²) in [6, 6.07) is -0.804. The van der Waals surface area contributed by atoms with Crippen LogP contribution in [-0.4, -0.2) is 38.1 Å². The lowest BCUT2D eigenvalue weighted by Crippen LogP contribution is -2.47. The number of hydrogen-bond acceptors (Lipinski definition) is 5. The molecule has 2 atom stereocenters. The van der Waals surface area contributed by atoms with Crippen LogP contribution in [0.3, 0.4) is 0 Å². The fourth-order valence-electron chi connectivity index (χ4n) is 1.64. The van der Waals surface area contributed by atoms with Crippen LogP contribution in [0.1, 0.15) is 26.2 Å². The Bertz CT molecular complexity index is 337. The van der Waals surface area contributed by atoms with Crippen molar-refractivity contribution in [1.29, 1.82) is 0 Å². The molecule has 6 heteroatoms.